The normalized spacial score (nSPS) is 19.1. The minimum Gasteiger partial charge on any atom is -0.350 e. The molecule has 28 heavy (non-hydrogen) atoms. The predicted octanol–water partition coefficient (Wildman–Crippen LogP) is 4.40. The smallest absolute Gasteiger partial charge is 0.276 e. The number of hydrogen-bond donors (Lipinski definition) is 2. The van der Waals surface area contributed by atoms with E-state index in [-0.39, 0.29) is 5.91 Å². The molecule has 2 N–H and O–H groups in total. The average molecular weight is 366 g/mol. The summed E-state index contributed by atoms with van der Waals surface area (Å²) in [6.45, 7) is 4.10. The fourth-order valence-corrected chi connectivity index (χ4v) is 4.68. The number of anilines is 2. The predicted molar refractivity (Wildman–Crippen MR) is 110 cm³/mol. The summed E-state index contributed by atoms with van der Waals surface area (Å²) < 4.78 is 2.06. The van der Waals surface area contributed by atoms with E-state index in [0.717, 1.165) is 50.5 Å². The third-order valence-electron chi connectivity index (χ3n) is 5.82. The van der Waals surface area contributed by atoms with Crippen molar-refractivity contribution in [1.82, 2.24) is 9.55 Å². The number of carbonyl (C=O) groups excluding carboxylic acids is 1. The van der Waals surface area contributed by atoms with Crippen LogP contribution in [0.3, 0.4) is 0 Å². The number of aromatic nitrogens is 2. The Morgan fingerprint density at radius 3 is 2.68 bits per heavy atom. The minimum absolute atomic E-state index is 0.0879. The van der Waals surface area contributed by atoms with E-state index in [1.54, 1.807) is 0 Å². The highest BCUT2D eigenvalue weighted by molar-refractivity contribution is 6.11. The largest absolute Gasteiger partial charge is 0.350 e. The van der Waals surface area contributed by atoms with E-state index in [0.29, 0.717) is 0 Å². The van der Waals surface area contributed by atoms with Crippen LogP contribution < -0.4 is 10.6 Å². The number of imidazole rings is 1. The third kappa shape index (κ3) is 1.71. The van der Waals surface area contributed by atoms with Crippen molar-refractivity contribution in [3.8, 4) is 11.4 Å². The molecule has 0 radical (unpaired) electrons. The zero-order valence-electron chi connectivity index (χ0n) is 15.6. The van der Waals surface area contributed by atoms with Crippen LogP contribution in [0.25, 0.3) is 22.4 Å². The number of nitrogens with one attached hydrogen (secondary N) is 2. The second kappa shape index (κ2) is 5.01. The quantitative estimate of drug-likeness (QED) is 0.485. The van der Waals surface area contributed by atoms with Crippen LogP contribution in [0, 0.1) is 13.8 Å². The number of nitrogens with zero attached hydrogens (tertiary/aromatic N) is 2. The standard InChI is InChI=1S/C23H18N4O/c1-13-11-14(2)20-16(12-13)23(22(28)25-20)26-17-8-4-3-7-15(17)21-24-18-9-5-6-10-19(18)27(21)23/h3-12,26H,1-2H3,(H,25,28)/t23-/m1/s1. The Balaban J connectivity index is 1.80. The molecular formula is C23H18N4O. The van der Waals surface area contributed by atoms with Crippen LogP contribution >= 0.6 is 0 Å². The molecule has 0 saturated carbocycles. The van der Waals surface area contributed by atoms with Crippen LogP contribution in [0.1, 0.15) is 16.7 Å². The lowest BCUT2D eigenvalue weighted by Gasteiger charge is -2.37. The molecule has 1 spiro atoms. The van der Waals surface area contributed by atoms with Crippen molar-refractivity contribution < 1.29 is 4.79 Å². The Kier molecular flexibility index (Phi) is 2.77. The highest BCUT2D eigenvalue weighted by Gasteiger charge is 2.53. The zero-order valence-corrected chi connectivity index (χ0v) is 15.6. The van der Waals surface area contributed by atoms with Gasteiger partial charge in [0.05, 0.1) is 16.7 Å². The van der Waals surface area contributed by atoms with Gasteiger partial charge in [-0.2, -0.15) is 0 Å². The van der Waals surface area contributed by atoms with Gasteiger partial charge in [-0.15, -0.1) is 0 Å². The van der Waals surface area contributed by atoms with Crippen LogP contribution in [0.4, 0.5) is 11.4 Å². The fourth-order valence-electron chi connectivity index (χ4n) is 4.68. The maximum atomic E-state index is 13.6. The van der Waals surface area contributed by atoms with Crippen LogP contribution in [-0.4, -0.2) is 15.5 Å². The molecule has 136 valence electrons. The van der Waals surface area contributed by atoms with E-state index >= 15 is 0 Å². The van der Waals surface area contributed by atoms with Gasteiger partial charge in [-0.25, -0.2) is 4.98 Å². The fraction of sp³-hybridized carbons (Fsp3) is 0.130. The van der Waals surface area contributed by atoms with Crippen LogP contribution in [-0.2, 0) is 10.5 Å². The van der Waals surface area contributed by atoms with Crippen molar-refractivity contribution in [3.63, 3.8) is 0 Å². The highest BCUT2D eigenvalue weighted by Crippen LogP contribution is 2.49. The van der Waals surface area contributed by atoms with Gasteiger partial charge in [0.2, 0.25) is 5.66 Å². The maximum absolute atomic E-state index is 13.6. The number of aryl methyl sites for hydroxylation is 2. The van der Waals surface area contributed by atoms with Gasteiger partial charge in [0.1, 0.15) is 5.82 Å². The summed E-state index contributed by atoms with van der Waals surface area (Å²) in [4.78, 5) is 18.5. The molecule has 0 aliphatic carbocycles. The first-order valence-electron chi connectivity index (χ1n) is 9.38. The van der Waals surface area contributed by atoms with E-state index in [1.165, 1.54) is 0 Å². The van der Waals surface area contributed by atoms with Gasteiger partial charge in [0, 0.05) is 16.8 Å². The highest BCUT2D eigenvalue weighted by atomic mass is 16.2. The molecule has 1 amide bonds. The van der Waals surface area contributed by atoms with E-state index in [4.69, 9.17) is 4.98 Å². The van der Waals surface area contributed by atoms with Gasteiger partial charge in [-0.3, -0.25) is 9.36 Å². The minimum atomic E-state index is -1.06. The molecule has 3 heterocycles. The third-order valence-corrected chi connectivity index (χ3v) is 5.82. The maximum Gasteiger partial charge on any atom is 0.276 e. The molecule has 2 aliphatic rings. The van der Waals surface area contributed by atoms with Gasteiger partial charge in [0.15, 0.2) is 0 Å². The van der Waals surface area contributed by atoms with Gasteiger partial charge >= 0.3 is 0 Å². The molecule has 3 aromatic carbocycles. The zero-order chi connectivity index (χ0) is 19.0. The average Bonchev–Trinajstić information content (AvgIpc) is 3.20. The summed E-state index contributed by atoms with van der Waals surface area (Å²) in [7, 11) is 0. The molecule has 4 aromatic rings. The van der Waals surface area contributed by atoms with Gasteiger partial charge in [-0.1, -0.05) is 35.9 Å². The number of rotatable bonds is 0. The van der Waals surface area contributed by atoms with Crippen molar-refractivity contribution >= 4 is 28.3 Å². The van der Waals surface area contributed by atoms with Crippen molar-refractivity contribution in [2.45, 2.75) is 19.5 Å². The van der Waals surface area contributed by atoms with Crippen molar-refractivity contribution in [1.29, 1.82) is 0 Å². The number of amides is 1. The van der Waals surface area contributed by atoms with Crippen molar-refractivity contribution in [2.24, 2.45) is 0 Å². The molecule has 5 heteroatoms. The first-order valence-corrected chi connectivity index (χ1v) is 9.38. The number of benzene rings is 3. The molecule has 0 bridgehead atoms. The molecule has 0 unspecified atom stereocenters. The Bertz CT molecular complexity index is 1320. The Morgan fingerprint density at radius 2 is 1.79 bits per heavy atom. The number of fused-ring (bicyclic) bond motifs is 8. The lowest BCUT2D eigenvalue weighted by Crippen LogP contribution is -2.50. The Morgan fingerprint density at radius 1 is 1.00 bits per heavy atom. The molecule has 5 nitrogen and oxygen atoms in total. The summed E-state index contributed by atoms with van der Waals surface area (Å²) >= 11 is 0. The van der Waals surface area contributed by atoms with E-state index < -0.39 is 5.66 Å². The van der Waals surface area contributed by atoms with Crippen LogP contribution in [0.2, 0.25) is 0 Å². The summed E-state index contributed by atoms with van der Waals surface area (Å²) in [6, 6.07) is 20.2. The first-order chi connectivity index (χ1) is 13.6. The van der Waals surface area contributed by atoms with Crippen molar-refractivity contribution in [2.75, 3.05) is 10.6 Å². The number of carbonyl (C=O) groups is 1. The van der Waals surface area contributed by atoms with Gasteiger partial charge in [-0.05, 0) is 49.7 Å². The topological polar surface area (TPSA) is 59.0 Å². The number of hydrogen-bond acceptors (Lipinski definition) is 3. The molecule has 1 aromatic heterocycles. The Hall–Kier alpha value is -3.60. The SMILES string of the molecule is Cc1cc(C)c2c(c1)[C@]1(Nc3ccccc3-c3nc4ccccc4n31)C(=O)N2. The van der Waals surface area contributed by atoms with Crippen LogP contribution in [0.15, 0.2) is 60.7 Å². The molecule has 6 rings (SSSR count). The summed E-state index contributed by atoms with van der Waals surface area (Å²) in [6.07, 6.45) is 0. The monoisotopic (exact) mass is 366 g/mol. The van der Waals surface area contributed by atoms with E-state index in [1.807, 2.05) is 55.5 Å². The molecule has 0 saturated heterocycles. The van der Waals surface area contributed by atoms with E-state index in [2.05, 4.69) is 34.3 Å². The molecule has 2 aliphatic heterocycles. The molecule has 0 fully saturated rings. The second-order valence-corrected chi connectivity index (χ2v) is 7.60. The summed E-state index contributed by atoms with van der Waals surface area (Å²) in [5.74, 6) is 0.716. The second-order valence-electron chi connectivity index (χ2n) is 7.60. The Labute approximate surface area is 162 Å². The molecule has 1 atom stereocenters. The van der Waals surface area contributed by atoms with E-state index in [9.17, 15) is 4.79 Å². The van der Waals surface area contributed by atoms with Crippen molar-refractivity contribution in [3.05, 3.63) is 77.4 Å². The van der Waals surface area contributed by atoms with Gasteiger partial charge < -0.3 is 10.6 Å². The number of para-hydroxylation sites is 3. The van der Waals surface area contributed by atoms with Gasteiger partial charge in [0.25, 0.3) is 5.91 Å². The summed E-state index contributed by atoms with van der Waals surface area (Å²) in [5, 5.41) is 6.71. The molecular weight excluding hydrogens is 348 g/mol. The first kappa shape index (κ1) is 15.5. The van der Waals surface area contributed by atoms with Crippen LogP contribution in [0.5, 0.6) is 0 Å². The summed E-state index contributed by atoms with van der Waals surface area (Å²) in [5.41, 5.74) is 6.65. The lowest BCUT2D eigenvalue weighted by molar-refractivity contribution is -0.120. The lowest BCUT2D eigenvalue weighted by atomic mass is 9.92.